The van der Waals surface area contributed by atoms with E-state index in [1.807, 2.05) is 90.9 Å². The fourth-order valence-corrected chi connectivity index (χ4v) is 5.48. The highest BCUT2D eigenvalue weighted by Gasteiger charge is 2.18. The normalized spacial score (nSPS) is 16.4. The van der Waals surface area contributed by atoms with Gasteiger partial charge in [-0.3, -0.25) is 9.48 Å². The summed E-state index contributed by atoms with van der Waals surface area (Å²) in [7, 11) is 1.87. The second-order valence-corrected chi connectivity index (χ2v) is 10.0. The minimum absolute atomic E-state index is 0.169. The van der Waals surface area contributed by atoms with Crippen LogP contribution >= 0.6 is 11.3 Å². The monoisotopic (exact) mass is 509 g/mol. The molecule has 0 amide bonds. The molecule has 3 aromatic heterocycles. The first-order valence-electron chi connectivity index (χ1n) is 12.4. The van der Waals surface area contributed by atoms with Gasteiger partial charge in [0, 0.05) is 24.0 Å². The molecule has 3 heterocycles. The number of fused-ring (bicyclic) bond motifs is 1. The van der Waals surface area contributed by atoms with Crippen LogP contribution in [0.3, 0.4) is 0 Å². The Hall–Kier alpha value is -4.17. The van der Waals surface area contributed by atoms with Crippen molar-refractivity contribution in [3.63, 3.8) is 0 Å². The number of para-hydroxylation sites is 2. The number of rotatable bonds is 5. The van der Waals surface area contributed by atoms with Gasteiger partial charge >= 0.3 is 0 Å². The predicted molar refractivity (Wildman–Crippen MR) is 149 cm³/mol. The van der Waals surface area contributed by atoms with Gasteiger partial charge < -0.3 is 4.42 Å². The fraction of sp³-hybridized carbons (Fsp3) is 0.207. The molecule has 186 valence electrons. The van der Waals surface area contributed by atoms with E-state index in [0.29, 0.717) is 22.2 Å². The zero-order valence-electron chi connectivity index (χ0n) is 20.7. The van der Waals surface area contributed by atoms with Gasteiger partial charge in [0.1, 0.15) is 11.3 Å². The molecule has 0 aliphatic heterocycles. The quantitative estimate of drug-likeness (QED) is 0.210. The van der Waals surface area contributed by atoms with E-state index in [0.717, 1.165) is 47.3 Å². The second-order valence-electron chi connectivity index (χ2n) is 9.19. The van der Waals surface area contributed by atoms with Crippen molar-refractivity contribution in [1.82, 2.24) is 14.0 Å². The molecule has 8 heteroatoms. The number of hydrogen-bond acceptors (Lipinski definition) is 5. The van der Waals surface area contributed by atoms with E-state index in [9.17, 15) is 4.79 Å². The molecule has 1 atom stereocenters. The summed E-state index contributed by atoms with van der Waals surface area (Å²) in [6.07, 6.45) is 9.53. The van der Waals surface area contributed by atoms with E-state index in [-0.39, 0.29) is 5.56 Å². The van der Waals surface area contributed by atoms with Crippen molar-refractivity contribution in [1.29, 1.82) is 0 Å². The highest BCUT2D eigenvalue weighted by Crippen LogP contribution is 2.28. The highest BCUT2D eigenvalue weighted by molar-refractivity contribution is 7.07. The fourth-order valence-electron chi connectivity index (χ4n) is 4.66. The number of aromatic nitrogens is 3. The molecule has 0 fully saturated rings. The average molecular weight is 510 g/mol. The van der Waals surface area contributed by atoms with Crippen molar-refractivity contribution >= 4 is 34.2 Å². The molecular formula is C29H27N5O2S. The summed E-state index contributed by atoms with van der Waals surface area (Å²) < 4.78 is 11.5. The van der Waals surface area contributed by atoms with Crippen LogP contribution in [0.1, 0.15) is 25.0 Å². The molecule has 0 saturated carbocycles. The van der Waals surface area contributed by atoms with Crippen LogP contribution in [0.15, 0.2) is 97.5 Å². The van der Waals surface area contributed by atoms with Crippen LogP contribution in [0.5, 0.6) is 0 Å². The number of benzene rings is 2. The van der Waals surface area contributed by atoms with E-state index < -0.39 is 0 Å². The lowest BCUT2D eigenvalue weighted by molar-refractivity contribution is 0.613. The first-order valence-corrected chi connectivity index (χ1v) is 13.3. The van der Waals surface area contributed by atoms with Crippen molar-refractivity contribution in [2.24, 2.45) is 23.1 Å². The van der Waals surface area contributed by atoms with Crippen LogP contribution in [-0.4, -0.2) is 20.3 Å². The summed E-state index contributed by atoms with van der Waals surface area (Å²) in [4.78, 5) is 19.0. The van der Waals surface area contributed by atoms with Crippen molar-refractivity contribution in [2.45, 2.75) is 26.2 Å². The molecule has 5 aromatic rings. The van der Waals surface area contributed by atoms with Gasteiger partial charge in [0.05, 0.1) is 11.4 Å². The standard InChI is InChI=1S/C29H27N5O2S/c1-20-27(28(35)34(32(20)2)23-14-7-4-8-15-23)31-29-33(30-18-21-11-5-3-6-12-21)24(19-37-29)26-17-22-13-9-10-16-25(22)36-26/h3-5,7-10,13-19,21H,6,11-12H2,1-2H3. The van der Waals surface area contributed by atoms with Gasteiger partial charge in [0.2, 0.25) is 4.80 Å². The van der Waals surface area contributed by atoms with E-state index >= 15 is 0 Å². The van der Waals surface area contributed by atoms with Crippen LogP contribution < -0.4 is 10.4 Å². The van der Waals surface area contributed by atoms with E-state index in [4.69, 9.17) is 14.5 Å². The van der Waals surface area contributed by atoms with Crippen molar-refractivity contribution in [2.75, 3.05) is 0 Å². The van der Waals surface area contributed by atoms with Crippen LogP contribution in [0.4, 0.5) is 5.69 Å². The number of furan rings is 1. The van der Waals surface area contributed by atoms with Crippen LogP contribution in [0.25, 0.3) is 28.1 Å². The molecule has 0 radical (unpaired) electrons. The largest absolute Gasteiger partial charge is 0.454 e. The topological polar surface area (TPSA) is 69.7 Å². The molecule has 1 unspecified atom stereocenters. The second kappa shape index (κ2) is 9.71. The predicted octanol–water partition coefficient (Wildman–Crippen LogP) is 6.18. The van der Waals surface area contributed by atoms with Crippen molar-refractivity contribution in [3.05, 3.63) is 99.0 Å². The average Bonchev–Trinajstić information content (AvgIpc) is 3.60. The van der Waals surface area contributed by atoms with E-state index in [1.54, 1.807) is 9.36 Å². The summed E-state index contributed by atoms with van der Waals surface area (Å²) in [6, 6.07) is 19.6. The molecule has 1 aliphatic rings. The summed E-state index contributed by atoms with van der Waals surface area (Å²) in [5.74, 6) is 1.08. The molecular weight excluding hydrogens is 482 g/mol. The maximum atomic E-state index is 13.5. The summed E-state index contributed by atoms with van der Waals surface area (Å²) in [5.41, 5.74) is 3.43. The Bertz CT molecular complexity index is 1730. The zero-order valence-corrected chi connectivity index (χ0v) is 21.6. The third-order valence-corrected chi connectivity index (χ3v) is 7.61. The molecule has 0 bridgehead atoms. The Morgan fingerprint density at radius 3 is 2.68 bits per heavy atom. The van der Waals surface area contributed by atoms with Crippen LogP contribution in [-0.2, 0) is 7.05 Å². The summed E-state index contributed by atoms with van der Waals surface area (Å²) in [6.45, 7) is 1.91. The van der Waals surface area contributed by atoms with Gasteiger partial charge in [-0.05, 0) is 56.4 Å². The lowest BCUT2D eigenvalue weighted by Crippen LogP contribution is -2.20. The summed E-state index contributed by atoms with van der Waals surface area (Å²) in [5, 5.41) is 7.89. The molecule has 0 spiro atoms. The van der Waals surface area contributed by atoms with Crippen molar-refractivity contribution < 1.29 is 4.42 Å². The lowest BCUT2D eigenvalue weighted by atomic mass is 9.96. The maximum absolute atomic E-state index is 13.5. The van der Waals surface area contributed by atoms with E-state index in [1.165, 1.54) is 11.3 Å². The minimum Gasteiger partial charge on any atom is -0.454 e. The van der Waals surface area contributed by atoms with Gasteiger partial charge in [0.25, 0.3) is 5.56 Å². The molecule has 6 rings (SSSR count). The van der Waals surface area contributed by atoms with Gasteiger partial charge in [-0.25, -0.2) is 14.4 Å². The Kier molecular flexibility index (Phi) is 6.10. The minimum atomic E-state index is -0.169. The molecule has 1 aliphatic carbocycles. The van der Waals surface area contributed by atoms with Gasteiger partial charge in [0.15, 0.2) is 11.4 Å². The third-order valence-electron chi connectivity index (χ3n) is 6.80. The Labute approximate surface area is 217 Å². The Morgan fingerprint density at radius 2 is 1.89 bits per heavy atom. The van der Waals surface area contributed by atoms with E-state index in [2.05, 4.69) is 12.2 Å². The third kappa shape index (κ3) is 4.34. The van der Waals surface area contributed by atoms with Gasteiger partial charge in [-0.2, -0.15) is 5.10 Å². The number of hydrogen-bond donors (Lipinski definition) is 0. The first-order chi connectivity index (χ1) is 18.1. The number of allylic oxidation sites excluding steroid dienone is 2. The van der Waals surface area contributed by atoms with Crippen LogP contribution in [0, 0.1) is 12.8 Å². The molecule has 2 aromatic carbocycles. The van der Waals surface area contributed by atoms with Crippen LogP contribution in [0.2, 0.25) is 0 Å². The smallest absolute Gasteiger partial charge is 0.297 e. The Morgan fingerprint density at radius 1 is 1.08 bits per heavy atom. The first kappa shape index (κ1) is 23.2. The molecule has 7 nitrogen and oxygen atoms in total. The summed E-state index contributed by atoms with van der Waals surface area (Å²) >= 11 is 1.44. The molecule has 0 saturated heterocycles. The number of nitrogens with zero attached hydrogens (tertiary/aromatic N) is 5. The maximum Gasteiger partial charge on any atom is 0.297 e. The number of thiazole rings is 1. The molecule has 37 heavy (non-hydrogen) atoms. The zero-order chi connectivity index (χ0) is 25.4. The lowest BCUT2D eigenvalue weighted by Gasteiger charge is -2.12. The van der Waals surface area contributed by atoms with Gasteiger partial charge in [-0.15, -0.1) is 11.3 Å². The highest BCUT2D eigenvalue weighted by atomic mass is 32.1. The SMILES string of the molecule is Cc1c(N=c2scc(-c3cc4ccccc4o3)n2N=CC2CC=CCC2)c(=O)n(-c2ccccc2)n1C. The van der Waals surface area contributed by atoms with Crippen molar-refractivity contribution in [3.8, 4) is 17.1 Å². The molecule has 0 N–H and O–H groups in total. The van der Waals surface area contributed by atoms with Gasteiger partial charge in [-0.1, -0.05) is 48.6 Å². The Balaban J connectivity index is 1.51.